The van der Waals surface area contributed by atoms with Gasteiger partial charge in [-0.25, -0.2) is 0 Å². The first-order valence-corrected chi connectivity index (χ1v) is 5.61. The maximum absolute atomic E-state index is 11.1. The van der Waals surface area contributed by atoms with Gasteiger partial charge in [0.15, 0.2) is 0 Å². The van der Waals surface area contributed by atoms with E-state index < -0.39 is 0 Å². The molecule has 1 heterocycles. The quantitative estimate of drug-likeness (QED) is 0.699. The summed E-state index contributed by atoms with van der Waals surface area (Å²) in [5.41, 5.74) is 6.01. The molecule has 2 N–H and O–H groups in total. The Bertz CT molecular complexity index is 221. The number of likely N-dealkylation sites (tertiary alicyclic amines) is 1. The van der Waals surface area contributed by atoms with E-state index in [1.54, 1.807) is 0 Å². The maximum Gasteiger partial charge on any atom is 0.307 e. The molecule has 1 aliphatic heterocycles. The molecule has 1 saturated heterocycles. The Kier molecular flexibility index (Phi) is 4.54. The first-order valence-electron chi connectivity index (χ1n) is 5.61. The van der Waals surface area contributed by atoms with Crippen LogP contribution in [0.25, 0.3) is 0 Å². The van der Waals surface area contributed by atoms with Gasteiger partial charge in [0.2, 0.25) is 0 Å². The number of piperidine rings is 1. The Morgan fingerprint density at radius 3 is 2.87 bits per heavy atom. The monoisotopic (exact) mass is 214 g/mol. The Hall–Kier alpha value is -0.610. The number of ether oxygens (including phenoxy) is 1. The zero-order valence-electron chi connectivity index (χ0n) is 9.90. The van der Waals surface area contributed by atoms with Crippen molar-refractivity contribution < 1.29 is 9.53 Å². The van der Waals surface area contributed by atoms with Gasteiger partial charge in [-0.1, -0.05) is 6.92 Å². The van der Waals surface area contributed by atoms with Crippen molar-refractivity contribution in [2.24, 2.45) is 11.7 Å². The Balaban J connectivity index is 2.40. The topological polar surface area (TPSA) is 55.6 Å². The Morgan fingerprint density at radius 2 is 2.33 bits per heavy atom. The third-order valence-corrected chi connectivity index (χ3v) is 3.36. The van der Waals surface area contributed by atoms with Crippen LogP contribution in [0.15, 0.2) is 0 Å². The highest BCUT2D eigenvalue weighted by Gasteiger charge is 2.27. The predicted molar refractivity (Wildman–Crippen MR) is 59.4 cm³/mol. The van der Waals surface area contributed by atoms with Gasteiger partial charge >= 0.3 is 5.97 Å². The number of esters is 1. The molecule has 0 bridgehead atoms. The van der Waals surface area contributed by atoms with Gasteiger partial charge in [-0.15, -0.1) is 0 Å². The number of hydrogen-bond acceptors (Lipinski definition) is 4. The Morgan fingerprint density at radius 1 is 1.67 bits per heavy atom. The molecule has 1 aliphatic rings. The summed E-state index contributed by atoms with van der Waals surface area (Å²) in [6.07, 6.45) is 1.57. The molecule has 0 spiro atoms. The normalized spacial score (nSPS) is 29.9. The van der Waals surface area contributed by atoms with E-state index in [0.717, 1.165) is 19.5 Å². The number of hydrogen-bond donors (Lipinski definition) is 1. The van der Waals surface area contributed by atoms with Crippen LogP contribution in [0, 0.1) is 5.92 Å². The van der Waals surface area contributed by atoms with Crippen molar-refractivity contribution in [3.05, 3.63) is 0 Å². The van der Waals surface area contributed by atoms with Crippen LogP contribution in [-0.2, 0) is 9.53 Å². The Labute approximate surface area is 91.8 Å². The molecule has 1 rings (SSSR count). The molecule has 0 radical (unpaired) electrons. The minimum atomic E-state index is -0.144. The first kappa shape index (κ1) is 12.5. The molecule has 0 aromatic rings. The molecular weight excluding hydrogens is 192 g/mol. The fourth-order valence-corrected chi connectivity index (χ4v) is 1.98. The maximum atomic E-state index is 11.1. The molecule has 0 aliphatic carbocycles. The van der Waals surface area contributed by atoms with Crippen molar-refractivity contribution in [2.45, 2.75) is 38.8 Å². The largest absolute Gasteiger partial charge is 0.469 e. The van der Waals surface area contributed by atoms with Gasteiger partial charge in [0.25, 0.3) is 0 Å². The highest BCUT2D eigenvalue weighted by Crippen LogP contribution is 2.18. The molecule has 0 amide bonds. The van der Waals surface area contributed by atoms with Gasteiger partial charge in [-0.3, -0.25) is 9.69 Å². The zero-order valence-corrected chi connectivity index (χ0v) is 9.90. The summed E-state index contributed by atoms with van der Waals surface area (Å²) in [6, 6.07) is 0.467. The van der Waals surface area contributed by atoms with E-state index in [1.165, 1.54) is 7.11 Å². The molecule has 0 aromatic carbocycles. The van der Waals surface area contributed by atoms with Crippen LogP contribution in [-0.4, -0.2) is 43.2 Å². The molecule has 3 unspecified atom stereocenters. The van der Waals surface area contributed by atoms with Crippen molar-refractivity contribution in [2.75, 3.05) is 20.2 Å². The second-order valence-electron chi connectivity index (χ2n) is 4.55. The number of carbonyl (C=O) groups excluding carboxylic acids is 1. The van der Waals surface area contributed by atoms with Crippen molar-refractivity contribution in [3.8, 4) is 0 Å². The lowest BCUT2D eigenvalue weighted by atomic mass is 9.93. The molecule has 4 heteroatoms. The predicted octanol–water partition coefficient (Wildman–Crippen LogP) is 0.607. The number of nitrogens with zero attached hydrogens (tertiary/aromatic N) is 1. The van der Waals surface area contributed by atoms with E-state index in [0.29, 0.717) is 12.3 Å². The number of methoxy groups -OCH3 is 1. The minimum Gasteiger partial charge on any atom is -0.469 e. The molecule has 0 saturated carbocycles. The SMILES string of the molecule is COC(=O)CC(C)N1CCC(C)C(N)C1. The van der Waals surface area contributed by atoms with Gasteiger partial charge < -0.3 is 10.5 Å². The first-order chi connectivity index (χ1) is 7.04. The third kappa shape index (κ3) is 3.47. The van der Waals surface area contributed by atoms with Crippen molar-refractivity contribution in [1.29, 1.82) is 0 Å². The van der Waals surface area contributed by atoms with Gasteiger partial charge in [-0.2, -0.15) is 0 Å². The van der Waals surface area contributed by atoms with Crippen LogP contribution < -0.4 is 5.73 Å². The van der Waals surface area contributed by atoms with Crippen LogP contribution in [0.4, 0.5) is 0 Å². The van der Waals surface area contributed by atoms with Crippen LogP contribution in [0.3, 0.4) is 0 Å². The van der Waals surface area contributed by atoms with E-state index in [9.17, 15) is 4.79 Å². The lowest BCUT2D eigenvalue weighted by Crippen LogP contribution is -2.50. The van der Waals surface area contributed by atoms with Crippen molar-refractivity contribution in [3.63, 3.8) is 0 Å². The number of nitrogens with two attached hydrogens (primary N) is 1. The number of rotatable bonds is 3. The molecule has 3 atom stereocenters. The molecular formula is C11H22N2O2. The lowest BCUT2D eigenvalue weighted by molar-refractivity contribution is -0.142. The lowest BCUT2D eigenvalue weighted by Gasteiger charge is -2.38. The summed E-state index contributed by atoms with van der Waals surface area (Å²) in [5, 5.41) is 0. The van der Waals surface area contributed by atoms with Crippen LogP contribution in [0.1, 0.15) is 26.7 Å². The van der Waals surface area contributed by atoms with Crippen molar-refractivity contribution >= 4 is 5.97 Å². The van der Waals surface area contributed by atoms with Gasteiger partial charge in [0.1, 0.15) is 0 Å². The molecule has 1 fully saturated rings. The summed E-state index contributed by atoms with van der Waals surface area (Å²) in [5.74, 6) is 0.446. The standard InChI is InChI=1S/C11H22N2O2/c1-8-4-5-13(7-10(8)12)9(2)6-11(14)15-3/h8-10H,4-7,12H2,1-3H3. The molecule has 15 heavy (non-hydrogen) atoms. The average Bonchev–Trinajstić information content (AvgIpc) is 2.21. The number of carbonyl (C=O) groups is 1. The van der Waals surface area contributed by atoms with Crippen LogP contribution >= 0.6 is 0 Å². The zero-order chi connectivity index (χ0) is 11.4. The fraction of sp³-hybridized carbons (Fsp3) is 0.909. The molecule has 88 valence electrons. The second kappa shape index (κ2) is 5.47. The van der Waals surface area contributed by atoms with Gasteiger partial charge in [0, 0.05) is 18.6 Å². The van der Waals surface area contributed by atoms with Gasteiger partial charge in [-0.05, 0) is 25.8 Å². The van der Waals surface area contributed by atoms with Crippen LogP contribution in [0.5, 0.6) is 0 Å². The average molecular weight is 214 g/mol. The highest BCUT2D eigenvalue weighted by atomic mass is 16.5. The summed E-state index contributed by atoms with van der Waals surface area (Å²) >= 11 is 0. The third-order valence-electron chi connectivity index (χ3n) is 3.36. The summed E-state index contributed by atoms with van der Waals surface area (Å²) in [6.45, 7) is 6.17. The fourth-order valence-electron chi connectivity index (χ4n) is 1.98. The summed E-state index contributed by atoms with van der Waals surface area (Å²) in [4.78, 5) is 13.4. The highest BCUT2D eigenvalue weighted by molar-refractivity contribution is 5.69. The van der Waals surface area contributed by atoms with E-state index in [-0.39, 0.29) is 18.1 Å². The molecule has 4 nitrogen and oxygen atoms in total. The van der Waals surface area contributed by atoms with E-state index in [2.05, 4.69) is 23.5 Å². The van der Waals surface area contributed by atoms with Gasteiger partial charge in [0.05, 0.1) is 13.5 Å². The molecule has 0 aromatic heterocycles. The van der Waals surface area contributed by atoms with Crippen LogP contribution in [0.2, 0.25) is 0 Å². The summed E-state index contributed by atoms with van der Waals surface area (Å²) in [7, 11) is 1.43. The van der Waals surface area contributed by atoms with E-state index >= 15 is 0 Å². The van der Waals surface area contributed by atoms with E-state index in [1.807, 2.05) is 0 Å². The van der Waals surface area contributed by atoms with Crippen molar-refractivity contribution in [1.82, 2.24) is 4.90 Å². The minimum absolute atomic E-state index is 0.144. The van der Waals surface area contributed by atoms with E-state index in [4.69, 9.17) is 5.73 Å². The second-order valence-corrected chi connectivity index (χ2v) is 4.55. The smallest absolute Gasteiger partial charge is 0.307 e. The summed E-state index contributed by atoms with van der Waals surface area (Å²) < 4.78 is 4.66.